The van der Waals surface area contributed by atoms with Crippen LogP contribution in [0.3, 0.4) is 0 Å². The maximum atomic E-state index is 13.0. The van der Waals surface area contributed by atoms with Gasteiger partial charge in [0, 0.05) is 30.4 Å². The highest BCUT2D eigenvalue weighted by molar-refractivity contribution is 6.43. The molecule has 0 aliphatic carbocycles. The van der Waals surface area contributed by atoms with E-state index in [1.165, 1.54) is 0 Å². The van der Waals surface area contributed by atoms with Crippen molar-refractivity contribution in [3.05, 3.63) is 52.6 Å². The van der Waals surface area contributed by atoms with E-state index in [2.05, 4.69) is 15.6 Å². The van der Waals surface area contributed by atoms with Crippen molar-refractivity contribution in [2.45, 2.75) is 32.2 Å². The number of carbonyl (C=O) groups excluding carboxylic acids is 2. The summed E-state index contributed by atoms with van der Waals surface area (Å²) in [6, 6.07) is 9.81. The number of anilines is 2. The summed E-state index contributed by atoms with van der Waals surface area (Å²) in [4.78, 5) is 42.4. The smallest absolute Gasteiger partial charge is 0.314 e. The Labute approximate surface area is 183 Å². The number of aryl methyl sites for hydroxylation is 1. The molecule has 0 bridgehead atoms. The molecule has 9 nitrogen and oxygen atoms in total. The Morgan fingerprint density at radius 2 is 1.59 bits per heavy atom. The average Bonchev–Trinajstić information content (AvgIpc) is 3.05. The second kappa shape index (κ2) is 8.33. The van der Waals surface area contributed by atoms with Crippen LogP contribution in [0.25, 0.3) is 10.9 Å². The van der Waals surface area contributed by atoms with Gasteiger partial charge < -0.3 is 20.1 Å². The lowest BCUT2D eigenvalue weighted by Crippen LogP contribution is -2.29. The largest absolute Gasteiger partial charge is 0.486 e. The Balaban J connectivity index is 1.33. The molecule has 2 amide bonds. The highest BCUT2D eigenvalue weighted by Gasteiger charge is 2.18. The van der Waals surface area contributed by atoms with Crippen molar-refractivity contribution in [1.29, 1.82) is 0 Å². The highest BCUT2D eigenvalue weighted by Crippen LogP contribution is 2.32. The SMILES string of the molecule is O=C(Nc1ccc2c(c1)OCCO2)C(=O)Nc1ccc2nc3n(c(=O)c2c1)CCCCC3. The van der Waals surface area contributed by atoms with E-state index in [0.29, 0.717) is 53.5 Å². The summed E-state index contributed by atoms with van der Waals surface area (Å²) in [5, 5.41) is 5.51. The van der Waals surface area contributed by atoms with Gasteiger partial charge in [-0.25, -0.2) is 4.98 Å². The second-order valence-electron chi connectivity index (χ2n) is 7.79. The molecule has 0 saturated heterocycles. The Hall–Kier alpha value is -3.88. The zero-order valence-electron chi connectivity index (χ0n) is 17.3. The van der Waals surface area contributed by atoms with E-state index in [1.807, 2.05) is 0 Å². The number of fused-ring (bicyclic) bond motifs is 3. The first kappa shape index (κ1) is 20.0. The van der Waals surface area contributed by atoms with Crippen LogP contribution >= 0.6 is 0 Å². The van der Waals surface area contributed by atoms with Gasteiger partial charge in [-0.3, -0.25) is 19.0 Å². The van der Waals surface area contributed by atoms with Crippen molar-refractivity contribution in [2.24, 2.45) is 0 Å². The molecule has 2 aliphatic heterocycles. The average molecular weight is 434 g/mol. The van der Waals surface area contributed by atoms with Crippen molar-refractivity contribution in [2.75, 3.05) is 23.8 Å². The molecule has 0 spiro atoms. The van der Waals surface area contributed by atoms with Gasteiger partial charge in [-0.1, -0.05) is 6.42 Å². The number of amides is 2. The summed E-state index contributed by atoms with van der Waals surface area (Å²) in [7, 11) is 0. The fourth-order valence-corrected chi connectivity index (χ4v) is 3.99. The number of hydrogen-bond donors (Lipinski definition) is 2. The van der Waals surface area contributed by atoms with Gasteiger partial charge in [-0.15, -0.1) is 0 Å². The quantitative estimate of drug-likeness (QED) is 0.600. The molecule has 3 aromatic rings. The predicted octanol–water partition coefficient (Wildman–Crippen LogP) is 2.47. The molecule has 32 heavy (non-hydrogen) atoms. The van der Waals surface area contributed by atoms with Crippen molar-refractivity contribution >= 4 is 34.1 Å². The molecule has 2 N–H and O–H groups in total. The van der Waals surface area contributed by atoms with Crippen molar-refractivity contribution < 1.29 is 19.1 Å². The number of nitrogens with one attached hydrogen (secondary N) is 2. The van der Waals surface area contributed by atoms with Gasteiger partial charge in [-0.05, 0) is 43.2 Å². The van der Waals surface area contributed by atoms with Crippen LogP contribution in [0.1, 0.15) is 25.1 Å². The lowest BCUT2D eigenvalue weighted by molar-refractivity contribution is -0.132. The van der Waals surface area contributed by atoms with Gasteiger partial charge in [0.05, 0.1) is 10.9 Å². The summed E-state index contributed by atoms with van der Waals surface area (Å²) < 4.78 is 12.7. The number of nitrogens with zero attached hydrogens (tertiary/aromatic N) is 2. The third kappa shape index (κ3) is 3.89. The van der Waals surface area contributed by atoms with Gasteiger partial charge >= 0.3 is 11.8 Å². The first-order valence-electron chi connectivity index (χ1n) is 10.6. The van der Waals surface area contributed by atoms with Gasteiger partial charge in [0.1, 0.15) is 19.0 Å². The molecule has 0 fully saturated rings. The van der Waals surface area contributed by atoms with Gasteiger partial charge in [0.25, 0.3) is 5.56 Å². The predicted molar refractivity (Wildman–Crippen MR) is 118 cm³/mol. The van der Waals surface area contributed by atoms with Crippen molar-refractivity contribution in [1.82, 2.24) is 9.55 Å². The van der Waals surface area contributed by atoms with Crippen LogP contribution in [0.5, 0.6) is 11.5 Å². The maximum absolute atomic E-state index is 13.0. The minimum absolute atomic E-state index is 0.122. The Morgan fingerprint density at radius 1 is 0.875 bits per heavy atom. The molecule has 164 valence electrons. The topological polar surface area (TPSA) is 112 Å². The summed E-state index contributed by atoms with van der Waals surface area (Å²) in [6.45, 7) is 1.53. The van der Waals surface area contributed by atoms with Gasteiger partial charge in [0.15, 0.2) is 11.5 Å². The van der Waals surface area contributed by atoms with E-state index in [-0.39, 0.29) is 5.56 Å². The number of hydrogen-bond acceptors (Lipinski definition) is 6. The lowest BCUT2D eigenvalue weighted by atomic mass is 10.2. The third-order valence-electron chi connectivity index (χ3n) is 5.58. The zero-order valence-corrected chi connectivity index (χ0v) is 17.3. The van der Waals surface area contributed by atoms with Crippen LogP contribution in [0.15, 0.2) is 41.2 Å². The molecule has 5 rings (SSSR count). The summed E-state index contributed by atoms with van der Waals surface area (Å²) in [5.41, 5.74) is 1.23. The first-order chi connectivity index (χ1) is 15.6. The third-order valence-corrected chi connectivity index (χ3v) is 5.58. The summed E-state index contributed by atoms with van der Waals surface area (Å²) >= 11 is 0. The molecule has 0 unspecified atom stereocenters. The van der Waals surface area contributed by atoms with E-state index in [9.17, 15) is 14.4 Å². The monoisotopic (exact) mass is 434 g/mol. The maximum Gasteiger partial charge on any atom is 0.314 e. The zero-order chi connectivity index (χ0) is 22.1. The van der Waals surface area contributed by atoms with Crippen molar-refractivity contribution in [3.63, 3.8) is 0 Å². The van der Waals surface area contributed by atoms with E-state index in [1.54, 1.807) is 41.0 Å². The summed E-state index contributed by atoms with van der Waals surface area (Å²) in [6.07, 6.45) is 3.81. The van der Waals surface area contributed by atoms with Crippen LogP contribution in [0, 0.1) is 0 Å². The van der Waals surface area contributed by atoms with Crippen LogP contribution < -0.4 is 25.7 Å². The molecular formula is C23H22N4O5. The fourth-order valence-electron chi connectivity index (χ4n) is 3.99. The molecule has 0 atom stereocenters. The summed E-state index contributed by atoms with van der Waals surface area (Å²) in [5.74, 6) is 0.222. The normalized spacial score (nSPS) is 14.9. The molecule has 3 heterocycles. The van der Waals surface area contributed by atoms with Gasteiger partial charge in [0.2, 0.25) is 0 Å². The molecule has 2 aliphatic rings. The molecule has 2 aromatic carbocycles. The highest BCUT2D eigenvalue weighted by atomic mass is 16.6. The van der Waals surface area contributed by atoms with Crippen LogP contribution in [0.4, 0.5) is 11.4 Å². The molecular weight excluding hydrogens is 412 g/mol. The number of aromatic nitrogens is 2. The Morgan fingerprint density at radius 3 is 2.41 bits per heavy atom. The minimum Gasteiger partial charge on any atom is -0.486 e. The number of rotatable bonds is 2. The minimum atomic E-state index is -0.845. The van der Waals surface area contributed by atoms with E-state index in [4.69, 9.17) is 9.47 Å². The number of carbonyl (C=O) groups is 2. The van der Waals surface area contributed by atoms with Gasteiger partial charge in [-0.2, -0.15) is 0 Å². The van der Waals surface area contributed by atoms with E-state index < -0.39 is 11.8 Å². The second-order valence-corrected chi connectivity index (χ2v) is 7.79. The Bertz CT molecular complexity index is 1280. The molecule has 0 radical (unpaired) electrons. The molecule has 0 saturated carbocycles. The standard InChI is InChI=1S/C23H22N4O5/c28-21(22(29)25-15-6-8-18-19(13-15)32-11-10-31-18)24-14-5-7-17-16(12-14)23(30)27-9-3-1-2-4-20(27)26-17/h5-8,12-13H,1-4,9-11H2,(H,24,28)(H,25,29). The fraction of sp³-hybridized carbons (Fsp3) is 0.304. The van der Waals surface area contributed by atoms with Crippen LogP contribution in [0.2, 0.25) is 0 Å². The van der Waals surface area contributed by atoms with Crippen LogP contribution in [-0.4, -0.2) is 34.6 Å². The number of benzene rings is 2. The molecule has 9 heteroatoms. The first-order valence-corrected chi connectivity index (χ1v) is 10.6. The Kier molecular flexibility index (Phi) is 5.22. The number of ether oxygens (including phenoxy) is 2. The van der Waals surface area contributed by atoms with Crippen molar-refractivity contribution in [3.8, 4) is 11.5 Å². The molecule has 1 aromatic heterocycles. The van der Waals surface area contributed by atoms with E-state index >= 15 is 0 Å². The lowest BCUT2D eigenvalue weighted by Gasteiger charge is -2.18. The van der Waals surface area contributed by atoms with Crippen LogP contribution in [-0.2, 0) is 22.6 Å². The van der Waals surface area contributed by atoms with E-state index in [0.717, 1.165) is 31.5 Å².